The second-order valence-corrected chi connectivity index (χ2v) is 8.85. The average Bonchev–Trinajstić information content (AvgIpc) is 3.11. The second-order valence-electron chi connectivity index (χ2n) is 5.79. The first-order valence-corrected chi connectivity index (χ1v) is 10.3. The van der Waals surface area contributed by atoms with Crippen LogP contribution >= 0.6 is 11.3 Å². The standard InChI is InChI=1S/C16H19N3O4S2/c1-3-14(20)17-16-10(2)18-23-13(16)8-6-12-7-9-15(24-12)25(21,22)19-11-4-5-11/h6-9,11,19H,3-5H2,1-2H3,(H,17,20)/b8-6+. The van der Waals surface area contributed by atoms with Crippen LogP contribution in [0.3, 0.4) is 0 Å². The normalized spacial score (nSPS) is 15.0. The number of amides is 1. The largest absolute Gasteiger partial charge is 0.354 e. The number of hydrogen-bond donors (Lipinski definition) is 2. The molecule has 0 aromatic carbocycles. The molecule has 1 fully saturated rings. The number of sulfonamides is 1. The van der Waals surface area contributed by atoms with Crippen molar-refractivity contribution < 1.29 is 17.7 Å². The molecular weight excluding hydrogens is 362 g/mol. The highest BCUT2D eigenvalue weighted by molar-refractivity contribution is 7.91. The number of thiophene rings is 1. The maximum absolute atomic E-state index is 12.2. The van der Waals surface area contributed by atoms with Crippen molar-refractivity contribution >= 4 is 45.1 Å². The van der Waals surface area contributed by atoms with E-state index in [1.807, 2.05) is 0 Å². The molecule has 0 aliphatic heterocycles. The van der Waals surface area contributed by atoms with Crippen LogP contribution in [0, 0.1) is 6.92 Å². The fourth-order valence-electron chi connectivity index (χ4n) is 2.09. The molecule has 2 aromatic heterocycles. The van der Waals surface area contributed by atoms with Gasteiger partial charge in [0.05, 0.1) is 0 Å². The molecule has 7 nitrogen and oxygen atoms in total. The first kappa shape index (κ1) is 17.8. The topological polar surface area (TPSA) is 101 Å². The average molecular weight is 381 g/mol. The molecule has 1 aliphatic rings. The Morgan fingerprint density at radius 2 is 2.16 bits per heavy atom. The van der Waals surface area contributed by atoms with Gasteiger partial charge in [-0.1, -0.05) is 12.1 Å². The van der Waals surface area contributed by atoms with Gasteiger partial charge in [0.25, 0.3) is 0 Å². The molecule has 2 heterocycles. The van der Waals surface area contributed by atoms with E-state index in [4.69, 9.17) is 4.52 Å². The number of aromatic nitrogens is 1. The lowest BCUT2D eigenvalue weighted by Gasteiger charge is -2.01. The summed E-state index contributed by atoms with van der Waals surface area (Å²) in [5.41, 5.74) is 1.12. The Morgan fingerprint density at radius 3 is 2.84 bits per heavy atom. The fourth-order valence-corrected chi connectivity index (χ4v) is 4.64. The third-order valence-electron chi connectivity index (χ3n) is 3.64. The molecule has 3 rings (SSSR count). The number of aryl methyl sites for hydroxylation is 1. The van der Waals surface area contributed by atoms with Crippen LogP contribution in [-0.4, -0.2) is 25.5 Å². The first-order chi connectivity index (χ1) is 11.9. The van der Waals surface area contributed by atoms with Gasteiger partial charge in [0.1, 0.15) is 15.6 Å². The summed E-state index contributed by atoms with van der Waals surface area (Å²) < 4.78 is 32.5. The van der Waals surface area contributed by atoms with E-state index in [1.165, 1.54) is 11.3 Å². The number of carbonyl (C=O) groups excluding carboxylic acids is 1. The fraction of sp³-hybridized carbons (Fsp3) is 0.375. The molecule has 0 unspecified atom stereocenters. The zero-order valence-corrected chi connectivity index (χ0v) is 15.5. The maximum atomic E-state index is 12.2. The van der Waals surface area contributed by atoms with Crippen LogP contribution in [0.5, 0.6) is 0 Å². The highest BCUT2D eigenvalue weighted by atomic mass is 32.2. The van der Waals surface area contributed by atoms with Gasteiger partial charge >= 0.3 is 0 Å². The molecule has 25 heavy (non-hydrogen) atoms. The van der Waals surface area contributed by atoms with Crippen LogP contribution in [0.4, 0.5) is 5.69 Å². The summed E-state index contributed by atoms with van der Waals surface area (Å²) in [6.45, 7) is 3.50. The molecular formula is C16H19N3O4S2. The van der Waals surface area contributed by atoms with Gasteiger partial charge in [-0.05, 0) is 44.1 Å². The molecule has 1 saturated carbocycles. The van der Waals surface area contributed by atoms with E-state index in [-0.39, 0.29) is 16.2 Å². The molecule has 0 saturated heterocycles. The van der Waals surface area contributed by atoms with Gasteiger partial charge in [-0.25, -0.2) is 13.1 Å². The van der Waals surface area contributed by atoms with Crippen molar-refractivity contribution in [2.75, 3.05) is 5.32 Å². The Hall–Kier alpha value is -1.97. The van der Waals surface area contributed by atoms with Crippen LogP contribution in [0.25, 0.3) is 12.2 Å². The predicted octanol–water partition coefficient (Wildman–Crippen LogP) is 3.00. The molecule has 0 bridgehead atoms. The SMILES string of the molecule is CCC(=O)Nc1c(C)noc1/C=C/c1ccc(S(=O)(=O)NC2CC2)s1. The number of nitrogens with one attached hydrogen (secondary N) is 2. The highest BCUT2D eigenvalue weighted by Gasteiger charge is 2.28. The van der Waals surface area contributed by atoms with Crippen molar-refractivity contribution in [1.29, 1.82) is 0 Å². The highest BCUT2D eigenvalue weighted by Crippen LogP contribution is 2.28. The molecule has 1 aliphatic carbocycles. The van der Waals surface area contributed by atoms with Crippen molar-refractivity contribution in [2.24, 2.45) is 0 Å². The smallest absolute Gasteiger partial charge is 0.250 e. The summed E-state index contributed by atoms with van der Waals surface area (Å²) in [6, 6.07) is 3.39. The van der Waals surface area contributed by atoms with E-state index < -0.39 is 10.0 Å². The van der Waals surface area contributed by atoms with Gasteiger partial charge in [0, 0.05) is 17.3 Å². The third kappa shape index (κ3) is 4.36. The quantitative estimate of drug-likeness (QED) is 0.768. The van der Waals surface area contributed by atoms with Crippen molar-refractivity contribution in [1.82, 2.24) is 9.88 Å². The zero-order chi connectivity index (χ0) is 18.0. The lowest BCUT2D eigenvalue weighted by atomic mass is 10.2. The maximum Gasteiger partial charge on any atom is 0.250 e. The zero-order valence-electron chi connectivity index (χ0n) is 13.9. The lowest BCUT2D eigenvalue weighted by molar-refractivity contribution is -0.115. The molecule has 9 heteroatoms. The van der Waals surface area contributed by atoms with E-state index in [2.05, 4.69) is 15.2 Å². The summed E-state index contributed by atoms with van der Waals surface area (Å²) in [4.78, 5) is 12.4. The number of carbonyl (C=O) groups is 1. The summed E-state index contributed by atoms with van der Waals surface area (Å²) >= 11 is 1.17. The van der Waals surface area contributed by atoms with Crippen molar-refractivity contribution in [3.8, 4) is 0 Å². The van der Waals surface area contributed by atoms with E-state index in [1.54, 1.807) is 38.1 Å². The number of nitrogens with zero attached hydrogens (tertiary/aromatic N) is 1. The lowest BCUT2D eigenvalue weighted by Crippen LogP contribution is -2.24. The summed E-state index contributed by atoms with van der Waals surface area (Å²) in [7, 11) is -3.44. The van der Waals surface area contributed by atoms with Gasteiger partial charge in [-0.3, -0.25) is 4.79 Å². The van der Waals surface area contributed by atoms with Gasteiger partial charge in [-0.15, -0.1) is 11.3 Å². The van der Waals surface area contributed by atoms with Crippen molar-refractivity contribution in [3.63, 3.8) is 0 Å². The van der Waals surface area contributed by atoms with E-state index >= 15 is 0 Å². The molecule has 1 amide bonds. The van der Waals surface area contributed by atoms with Crippen LogP contribution in [0.2, 0.25) is 0 Å². The second kappa shape index (κ2) is 7.11. The Bertz CT molecular complexity index is 908. The van der Waals surface area contributed by atoms with Gasteiger partial charge in [-0.2, -0.15) is 0 Å². The van der Waals surface area contributed by atoms with E-state index in [0.29, 0.717) is 23.6 Å². The van der Waals surface area contributed by atoms with Crippen LogP contribution in [0.1, 0.15) is 42.5 Å². The molecule has 0 spiro atoms. The molecule has 134 valence electrons. The minimum atomic E-state index is -3.44. The minimum Gasteiger partial charge on any atom is -0.354 e. The third-order valence-corrected chi connectivity index (χ3v) is 6.70. The van der Waals surface area contributed by atoms with E-state index in [9.17, 15) is 13.2 Å². The van der Waals surface area contributed by atoms with Crippen molar-refractivity contribution in [2.45, 2.75) is 43.4 Å². The van der Waals surface area contributed by atoms with Crippen LogP contribution in [-0.2, 0) is 14.8 Å². The van der Waals surface area contributed by atoms with Crippen LogP contribution in [0.15, 0.2) is 20.9 Å². The molecule has 2 N–H and O–H groups in total. The number of rotatable bonds is 7. The number of hydrogen-bond acceptors (Lipinski definition) is 6. The minimum absolute atomic E-state index is 0.0768. The van der Waals surface area contributed by atoms with Gasteiger partial charge in [0.15, 0.2) is 5.76 Å². The van der Waals surface area contributed by atoms with Crippen molar-refractivity contribution in [3.05, 3.63) is 28.5 Å². The Balaban J connectivity index is 1.76. The molecule has 0 radical (unpaired) electrons. The molecule has 0 atom stereocenters. The van der Waals surface area contributed by atoms with E-state index in [0.717, 1.165) is 17.7 Å². The first-order valence-electron chi connectivity index (χ1n) is 7.95. The number of anilines is 1. The molecule has 2 aromatic rings. The van der Waals surface area contributed by atoms with Gasteiger partial charge < -0.3 is 9.84 Å². The summed E-state index contributed by atoms with van der Waals surface area (Å²) in [5, 5.41) is 6.61. The van der Waals surface area contributed by atoms with Crippen LogP contribution < -0.4 is 10.0 Å². The Labute approximate surface area is 150 Å². The monoisotopic (exact) mass is 381 g/mol. The van der Waals surface area contributed by atoms with Gasteiger partial charge in [0.2, 0.25) is 15.9 Å². The summed E-state index contributed by atoms with van der Waals surface area (Å²) in [5.74, 6) is 0.296. The Morgan fingerprint density at radius 1 is 1.40 bits per heavy atom. The Kier molecular flexibility index (Phi) is 5.07. The summed E-state index contributed by atoms with van der Waals surface area (Å²) in [6.07, 6.45) is 5.56. The predicted molar refractivity (Wildman–Crippen MR) is 96.8 cm³/mol.